The van der Waals surface area contributed by atoms with Crippen molar-refractivity contribution in [3.05, 3.63) is 35.9 Å². The van der Waals surface area contributed by atoms with Crippen LogP contribution in [0.1, 0.15) is 11.1 Å². The highest BCUT2D eigenvalue weighted by molar-refractivity contribution is 6.70. The van der Waals surface area contributed by atoms with Gasteiger partial charge in [0.25, 0.3) is 0 Å². The number of phenolic OH excluding ortho intramolecular Hbond substituents is 1. The SMILES string of the molecule is C=CCc1c(O)cc(C)cc1O[Si](C)(C)C. The lowest BCUT2D eigenvalue weighted by Crippen LogP contribution is -2.29. The monoisotopic (exact) mass is 236 g/mol. The summed E-state index contributed by atoms with van der Waals surface area (Å²) < 4.78 is 5.98. The van der Waals surface area contributed by atoms with E-state index >= 15 is 0 Å². The van der Waals surface area contributed by atoms with Crippen molar-refractivity contribution in [2.45, 2.75) is 33.0 Å². The summed E-state index contributed by atoms with van der Waals surface area (Å²) in [6.07, 6.45) is 2.41. The fraction of sp³-hybridized carbons (Fsp3) is 0.385. The molecule has 2 nitrogen and oxygen atoms in total. The molecule has 0 aliphatic heterocycles. The van der Waals surface area contributed by atoms with Crippen LogP contribution in [0, 0.1) is 6.92 Å². The standard InChI is InChI=1S/C13H20O2Si/c1-6-7-11-12(14)8-10(2)9-13(11)15-16(3,4)5/h6,8-9,14H,1,7H2,2-5H3. The molecular formula is C13H20O2Si. The summed E-state index contributed by atoms with van der Waals surface area (Å²) in [4.78, 5) is 0. The second-order valence-electron chi connectivity index (χ2n) is 4.97. The van der Waals surface area contributed by atoms with Gasteiger partial charge in [0.15, 0.2) is 0 Å². The second kappa shape index (κ2) is 4.74. The predicted octanol–water partition coefficient (Wildman–Crippen LogP) is 3.64. The minimum atomic E-state index is -1.65. The van der Waals surface area contributed by atoms with Crippen molar-refractivity contribution in [2.24, 2.45) is 0 Å². The van der Waals surface area contributed by atoms with Gasteiger partial charge in [0.1, 0.15) is 11.5 Å². The highest BCUT2D eigenvalue weighted by Gasteiger charge is 2.19. The number of aromatic hydroxyl groups is 1. The molecule has 0 aromatic heterocycles. The summed E-state index contributed by atoms with van der Waals surface area (Å²) in [5.41, 5.74) is 1.85. The molecule has 0 spiro atoms. The van der Waals surface area contributed by atoms with Crippen molar-refractivity contribution in [1.82, 2.24) is 0 Å². The maximum Gasteiger partial charge on any atom is 0.242 e. The summed E-state index contributed by atoms with van der Waals surface area (Å²) in [5.74, 6) is 1.10. The predicted molar refractivity (Wildman–Crippen MR) is 70.7 cm³/mol. The molecule has 0 unspecified atom stereocenters. The first-order valence-corrected chi connectivity index (χ1v) is 8.86. The molecule has 0 saturated carbocycles. The molecule has 88 valence electrons. The molecule has 0 bridgehead atoms. The van der Waals surface area contributed by atoms with Crippen molar-refractivity contribution in [3.8, 4) is 11.5 Å². The normalized spacial score (nSPS) is 11.2. The zero-order valence-electron chi connectivity index (χ0n) is 10.5. The van der Waals surface area contributed by atoms with Crippen molar-refractivity contribution in [3.63, 3.8) is 0 Å². The van der Waals surface area contributed by atoms with E-state index < -0.39 is 8.32 Å². The van der Waals surface area contributed by atoms with Gasteiger partial charge in [-0.3, -0.25) is 0 Å². The van der Waals surface area contributed by atoms with Gasteiger partial charge in [-0.05, 0) is 50.7 Å². The molecule has 1 aromatic rings. The Hall–Kier alpha value is -1.22. The zero-order chi connectivity index (χ0) is 12.3. The number of aryl methyl sites for hydroxylation is 1. The summed E-state index contributed by atoms with van der Waals surface area (Å²) in [7, 11) is -1.65. The van der Waals surface area contributed by atoms with Gasteiger partial charge in [-0.25, -0.2) is 0 Å². The number of hydrogen-bond acceptors (Lipinski definition) is 2. The first kappa shape index (κ1) is 12.8. The Kier molecular flexibility index (Phi) is 3.81. The molecule has 1 aromatic carbocycles. The van der Waals surface area contributed by atoms with Crippen molar-refractivity contribution < 1.29 is 9.53 Å². The Balaban J connectivity index is 3.18. The van der Waals surface area contributed by atoms with E-state index in [4.69, 9.17) is 4.43 Å². The third-order valence-electron chi connectivity index (χ3n) is 2.09. The van der Waals surface area contributed by atoms with E-state index in [-0.39, 0.29) is 0 Å². The van der Waals surface area contributed by atoms with Gasteiger partial charge in [0.05, 0.1) is 0 Å². The smallest absolute Gasteiger partial charge is 0.242 e. The van der Waals surface area contributed by atoms with Crippen LogP contribution in [0.15, 0.2) is 24.8 Å². The molecule has 1 N–H and O–H groups in total. The van der Waals surface area contributed by atoms with Crippen molar-refractivity contribution in [1.29, 1.82) is 0 Å². The van der Waals surface area contributed by atoms with Crippen LogP contribution in [0.25, 0.3) is 0 Å². The Labute approximate surface area is 98.7 Å². The van der Waals surface area contributed by atoms with E-state index in [2.05, 4.69) is 26.2 Å². The topological polar surface area (TPSA) is 29.5 Å². The zero-order valence-corrected chi connectivity index (χ0v) is 11.5. The quantitative estimate of drug-likeness (QED) is 0.639. The Bertz CT molecular complexity index is 392. The van der Waals surface area contributed by atoms with Gasteiger partial charge in [-0.15, -0.1) is 6.58 Å². The van der Waals surface area contributed by atoms with Crippen LogP contribution in [0.4, 0.5) is 0 Å². The van der Waals surface area contributed by atoms with E-state index in [0.717, 1.165) is 16.9 Å². The van der Waals surface area contributed by atoms with E-state index in [1.165, 1.54) is 0 Å². The van der Waals surface area contributed by atoms with Crippen molar-refractivity contribution >= 4 is 8.32 Å². The molecule has 16 heavy (non-hydrogen) atoms. The van der Waals surface area contributed by atoms with Gasteiger partial charge >= 0.3 is 0 Å². The summed E-state index contributed by atoms with van der Waals surface area (Å²) in [6, 6.07) is 3.74. The fourth-order valence-corrected chi connectivity index (χ4v) is 2.38. The second-order valence-corrected chi connectivity index (χ2v) is 9.40. The lowest BCUT2D eigenvalue weighted by Gasteiger charge is -2.22. The van der Waals surface area contributed by atoms with Crippen LogP contribution in [-0.2, 0) is 6.42 Å². The summed E-state index contributed by atoms with van der Waals surface area (Å²) >= 11 is 0. The Morgan fingerprint density at radius 2 is 2.00 bits per heavy atom. The maximum atomic E-state index is 9.89. The van der Waals surface area contributed by atoms with E-state index in [0.29, 0.717) is 12.2 Å². The van der Waals surface area contributed by atoms with E-state index in [1.807, 2.05) is 13.0 Å². The fourth-order valence-electron chi connectivity index (χ4n) is 1.53. The average molecular weight is 236 g/mol. The van der Waals surface area contributed by atoms with Crippen LogP contribution >= 0.6 is 0 Å². The Morgan fingerprint density at radius 3 is 2.50 bits per heavy atom. The number of benzene rings is 1. The highest BCUT2D eigenvalue weighted by Crippen LogP contribution is 2.31. The molecular weight excluding hydrogens is 216 g/mol. The first-order chi connectivity index (χ1) is 7.33. The van der Waals surface area contributed by atoms with Gasteiger partial charge in [-0.1, -0.05) is 6.08 Å². The van der Waals surface area contributed by atoms with Gasteiger partial charge in [0.2, 0.25) is 8.32 Å². The third-order valence-corrected chi connectivity index (χ3v) is 2.93. The lowest BCUT2D eigenvalue weighted by molar-refractivity contribution is 0.460. The third kappa shape index (κ3) is 3.42. The van der Waals surface area contributed by atoms with Crippen LogP contribution in [0.5, 0.6) is 11.5 Å². The summed E-state index contributed by atoms with van der Waals surface area (Å²) in [6.45, 7) is 12.0. The van der Waals surface area contributed by atoms with Crippen LogP contribution < -0.4 is 4.43 Å². The number of phenols is 1. The Morgan fingerprint density at radius 1 is 1.38 bits per heavy atom. The molecule has 0 radical (unpaired) electrons. The van der Waals surface area contributed by atoms with Crippen LogP contribution in [0.3, 0.4) is 0 Å². The molecule has 1 rings (SSSR count). The minimum absolute atomic E-state index is 0.299. The van der Waals surface area contributed by atoms with E-state index in [1.54, 1.807) is 12.1 Å². The largest absolute Gasteiger partial charge is 0.544 e. The molecule has 0 amide bonds. The molecule has 0 fully saturated rings. The van der Waals surface area contributed by atoms with Crippen molar-refractivity contribution in [2.75, 3.05) is 0 Å². The molecule has 3 heteroatoms. The molecule has 0 heterocycles. The highest BCUT2D eigenvalue weighted by atomic mass is 28.4. The number of hydrogen-bond donors (Lipinski definition) is 1. The maximum absolute atomic E-state index is 9.89. The van der Waals surface area contributed by atoms with Gasteiger partial charge < -0.3 is 9.53 Å². The molecule has 0 atom stereocenters. The van der Waals surface area contributed by atoms with Crippen LogP contribution in [-0.4, -0.2) is 13.4 Å². The number of allylic oxidation sites excluding steroid dienone is 1. The summed E-state index contributed by atoms with van der Waals surface area (Å²) in [5, 5.41) is 9.89. The van der Waals surface area contributed by atoms with Crippen LogP contribution in [0.2, 0.25) is 19.6 Å². The molecule has 0 aliphatic carbocycles. The minimum Gasteiger partial charge on any atom is -0.544 e. The van der Waals surface area contributed by atoms with Gasteiger partial charge in [0, 0.05) is 5.56 Å². The van der Waals surface area contributed by atoms with E-state index in [9.17, 15) is 5.11 Å². The van der Waals surface area contributed by atoms with Gasteiger partial charge in [-0.2, -0.15) is 0 Å². The average Bonchev–Trinajstić information content (AvgIpc) is 2.08. The molecule has 0 saturated heterocycles. The first-order valence-electron chi connectivity index (χ1n) is 5.46. The lowest BCUT2D eigenvalue weighted by atomic mass is 10.1. The molecule has 0 aliphatic rings. The number of rotatable bonds is 4.